The first-order valence-electron chi connectivity index (χ1n) is 10.2. The fraction of sp³-hybridized carbons (Fsp3) is 0.905. The summed E-state index contributed by atoms with van der Waals surface area (Å²) in [6.45, 7) is 11.4. The van der Waals surface area contributed by atoms with E-state index in [0.29, 0.717) is 11.5 Å². The highest BCUT2D eigenvalue weighted by Crippen LogP contribution is 2.47. The van der Waals surface area contributed by atoms with Crippen molar-refractivity contribution in [1.29, 1.82) is 0 Å². The fourth-order valence-corrected chi connectivity index (χ4v) is 4.93. The highest BCUT2D eigenvalue weighted by molar-refractivity contribution is 4.92. The third-order valence-corrected chi connectivity index (χ3v) is 6.57. The molecule has 0 bridgehead atoms. The van der Waals surface area contributed by atoms with Crippen LogP contribution in [-0.4, -0.2) is 43.0 Å². The van der Waals surface area contributed by atoms with Gasteiger partial charge in [-0.1, -0.05) is 39.3 Å². The zero-order chi connectivity index (χ0) is 17.0. The summed E-state index contributed by atoms with van der Waals surface area (Å²) < 4.78 is 12.6. The summed E-state index contributed by atoms with van der Waals surface area (Å²) in [6.07, 6.45) is 14.5. The number of hydrogen-bond acceptors (Lipinski definition) is 3. The zero-order valence-corrected chi connectivity index (χ0v) is 16.1. The molecule has 1 saturated carbocycles. The van der Waals surface area contributed by atoms with Crippen LogP contribution in [0, 0.1) is 11.3 Å². The Balaban J connectivity index is 1.43. The molecular weight excluding hydrogens is 298 g/mol. The van der Waals surface area contributed by atoms with Gasteiger partial charge in [0.25, 0.3) is 0 Å². The molecule has 1 unspecified atom stereocenters. The molecule has 0 aromatic carbocycles. The first kappa shape index (κ1) is 18.4. The van der Waals surface area contributed by atoms with Gasteiger partial charge in [0.2, 0.25) is 0 Å². The maximum atomic E-state index is 6.44. The molecule has 0 radical (unpaired) electrons. The number of rotatable bonds is 6. The first-order valence-corrected chi connectivity index (χ1v) is 10.2. The molecule has 3 aliphatic rings. The van der Waals surface area contributed by atoms with Gasteiger partial charge in [0, 0.05) is 32.5 Å². The van der Waals surface area contributed by atoms with Crippen molar-refractivity contribution in [1.82, 2.24) is 4.90 Å². The topological polar surface area (TPSA) is 21.7 Å². The van der Waals surface area contributed by atoms with E-state index in [9.17, 15) is 0 Å². The lowest BCUT2D eigenvalue weighted by Gasteiger charge is -2.42. The summed E-state index contributed by atoms with van der Waals surface area (Å²) in [5.74, 6) is 0.583. The second-order valence-corrected chi connectivity index (χ2v) is 8.82. The Morgan fingerprint density at radius 1 is 1.21 bits per heavy atom. The third kappa shape index (κ3) is 4.42. The number of hydrogen-bond donors (Lipinski definition) is 0. The Bertz CT molecular complexity index is 424. The highest BCUT2D eigenvalue weighted by atomic mass is 16.7. The average molecular weight is 336 g/mol. The molecule has 1 spiro atoms. The van der Waals surface area contributed by atoms with Gasteiger partial charge in [-0.05, 0) is 43.4 Å². The molecule has 24 heavy (non-hydrogen) atoms. The predicted molar refractivity (Wildman–Crippen MR) is 99.0 cm³/mol. The molecule has 2 aliphatic heterocycles. The van der Waals surface area contributed by atoms with Crippen LogP contribution < -0.4 is 0 Å². The van der Waals surface area contributed by atoms with Crippen LogP contribution in [0.4, 0.5) is 0 Å². The standard InChI is InChI=1S/C21H37NO2/c1-4-11-20(2,3)18-8-12-21(13-9-18)23-17-19(24-21)10-16-22-14-6-5-7-15-22/h5-6,18-19H,4,7-17H2,1-3H3. The Morgan fingerprint density at radius 3 is 2.67 bits per heavy atom. The van der Waals surface area contributed by atoms with Crippen molar-refractivity contribution in [3.8, 4) is 0 Å². The minimum atomic E-state index is -0.245. The molecular formula is C21H37NO2. The van der Waals surface area contributed by atoms with Crippen molar-refractivity contribution >= 4 is 0 Å². The lowest BCUT2D eigenvalue weighted by atomic mass is 9.68. The van der Waals surface area contributed by atoms with Crippen LogP contribution in [0.15, 0.2) is 12.2 Å². The van der Waals surface area contributed by atoms with E-state index in [1.807, 2.05) is 0 Å². The van der Waals surface area contributed by atoms with Crippen LogP contribution in [0.3, 0.4) is 0 Å². The second kappa shape index (κ2) is 7.88. The van der Waals surface area contributed by atoms with Gasteiger partial charge in [0.05, 0.1) is 12.7 Å². The molecule has 0 amide bonds. The van der Waals surface area contributed by atoms with E-state index in [1.165, 1.54) is 38.6 Å². The van der Waals surface area contributed by atoms with Gasteiger partial charge in [-0.2, -0.15) is 0 Å². The molecule has 1 saturated heterocycles. The average Bonchev–Trinajstić information content (AvgIpc) is 2.97. The smallest absolute Gasteiger partial charge is 0.168 e. The van der Waals surface area contributed by atoms with Crippen LogP contribution in [0.5, 0.6) is 0 Å². The van der Waals surface area contributed by atoms with Crippen molar-refractivity contribution < 1.29 is 9.47 Å². The van der Waals surface area contributed by atoms with Gasteiger partial charge < -0.3 is 9.47 Å². The lowest BCUT2D eigenvalue weighted by molar-refractivity contribution is -0.197. The van der Waals surface area contributed by atoms with E-state index in [0.717, 1.165) is 44.9 Å². The molecule has 1 aliphatic carbocycles. The fourth-order valence-electron chi connectivity index (χ4n) is 4.93. The van der Waals surface area contributed by atoms with Crippen LogP contribution >= 0.6 is 0 Å². The maximum absolute atomic E-state index is 6.44. The van der Waals surface area contributed by atoms with Crippen molar-refractivity contribution in [3.63, 3.8) is 0 Å². The van der Waals surface area contributed by atoms with Crippen LogP contribution in [0.2, 0.25) is 0 Å². The first-order chi connectivity index (χ1) is 11.5. The summed E-state index contributed by atoms with van der Waals surface area (Å²) in [5.41, 5.74) is 0.468. The minimum Gasteiger partial charge on any atom is -0.347 e. The van der Waals surface area contributed by atoms with E-state index in [2.05, 4.69) is 37.8 Å². The third-order valence-electron chi connectivity index (χ3n) is 6.57. The highest BCUT2D eigenvalue weighted by Gasteiger charge is 2.46. The second-order valence-electron chi connectivity index (χ2n) is 8.82. The van der Waals surface area contributed by atoms with Gasteiger partial charge in [0.1, 0.15) is 0 Å². The van der Waals surface area contributed by atoms with Crippen molar-refractivity contribution in [2.75, 3.05) is 26.2 Å². The normalized spacial score (nSPS) is 35.0. The zero-order valence-electron chi connectivity index (χ0n) is 16.1. The summed E-state index contributed by atoms with van der Waals surface area (Å²) in [5, 5.41) is 0. The van der Waals surface area contributed by atoms with E-state index < -0.39 is 0 Å². The molecule has 2 heterocycles. The summed E-state index contributed by atoms with van der Waals surface area (Å²) in [7, 11) is 0. The van der Waals surface area contributed by atoms with Gasteiger partial charge in [-0.25, -0.2) is 0 Å². The Morgan fingerprint density at radius 2 is 2.00 bits per heavy atom. The van der Waals surface area contributed by atoms with Gasteiger partial charge >= 0.3 is 0 Å². The van der Waals surface area contributed by atoms with Crippen LogP contribution in [0.25, 0.3) is 0 Å². The van der Waals surface area contributed by atoms with E-state index in [1.54, 1.807) is 0 Å². The summed E-state index contributed by atoms with van der Waals surface area (Å²) in [6, 6.07) is 0. The Labute approximate surface area is 148 Å². The molecule has 138 valence electrons. The predicted octanol–water partition coefficient (Wildman–Crippen LogP) is 4.77. The molecule has 0 aromatic heterocycles. The maximum Gasteiger partial charge on any atom is 0.168 e. The van der Waals surface area contributed by atoms with E-state index >= 15 is 0 Å². The quantitative estimate of drug-likeness (QED) is 0.653. The van der Waals surface area contributed by atoms with E-state index in [4.69, 9.17) is 9.47 Å². The molecule has 2 fully saturated rings. The van der Waals surface area contributed by atoms with Gasteiger partial charge in [-0.3, -0.25) is 4.90 Å². The monoisotopic (exact) mass is 335 g/mol. The SMILES string of the molecule is CCCC(C)(C)C1CCC2(CC1)OCC(CCN1CC=CCC1)O2. The van der Waals surface area contributed by atoms with Gasteiger partial charge in [-0.15, -0.1) is 0 Å². The molecule has 3 heteroatoms. The summed E-state index contributed by atoms with van der Waals surface area (Å²) >= 11 is 0. The molecule has 3 rings (SSSR count). The Hall–Kier alpha value is -0.380. The van der Waals surface area contributed by atoms with Crippen LogP contribution in [-0.2, 0) is 9.47 Å². The molecule has 0 aromatic rings. The molecule has 3 nitrogen and oxygen atoms in total. The van der Waals surface area contributed by atoms with Gasteiger partial charge in [0.15, 0.2) is 5.79 Å². The number of ether oxygens (including phenoxy) is 2. The van der Waals surface area contributed by atoms with Crippen LogP contribution in [0.1, 0.15) is 72.1 Å². The van der Waals surface area contributed by atoms with E-state index in [-0.39, 0.29) is 5.79 Å². The minimum absolute atomic E-state index is 0.245. The van der Waals surface area contributed by atoms with Crippen molar-refractivity contribution in [2.24, 2.45) is 11.3 Å². The lowest BCUT2D eigenvalue weighted by Crippen LogP contribution is -2.39. The largest absolute Gasteiger partial charge is 0.347 e. The van der Waals surface area contributed by atoms with Crippen molar-refractivity contribution in [3.05, 3.63) is 12.2 Å². The molecule has 1 atom stereocenters. The Kier molecular flexibility index (Phi) is 6.05. The molecule has 0 N–H and O–H groups in total. The summed E-state index contributed by atoms with van der Waals surface area (Å²) in [4.78, 5) is 2.53. The van der Waals surface area contributed by atoms with Crippen molar-refractivity contribution in [2.45, 2.75) is 84.0 Å². The number of nitrogens with zero attached hydrogens (tertiary/aromatic N) is 1.